The van der Waals surface area contributed by atoms with Crippen molar-refractivity contribution >= 4 is 58.0 Å². The van der Waals surface area contributed by atoms with E-state index in [4.69, 9.17) is 20.8 Å². The van der Waals surface area contributed by atoms with Crippen molar-refractivity contribution < 1.29 is 19.1 Å². The monoisotopic (exact) mass is 607 g/mol. The third-order valence-corrected chi connectivity index (χ3v) is 6.85. The Morgan fingerprint density at radius 3 is 2.59 bits per heavy atom. The average molecular weight is 608 g/mol. The lowest BCUT2D eigenvalue weighted by Crippen LogP contribution is -2.00. The Labute approximate surface area is 218 Å². The predicted molar refractivity (Wildman–Crippen MR) is 141 cm³/mol. The number of carboxylic acids is 1. The molecule has 0 unspecified atom stereocenters. The van der Waals surface area contributed by atoms with Crippen molar-refractivity contribution in [1.29, 1.82) is 0 Å². The summed E-state index contributed by atoms with van der Waals surface area (Å²) in [6.07, 6.45) is 1.61. The topological polar surface area (TPSA) is 90.4 Å². The highest BCUT2D eigenvalue weighted by molar-refractivity contribution is 14.1. The molecular weight excluding hydrogens is 589 g/mol. The second kappa shape index (κ2) is 10.2. The van der Waals surface area contributed by atoms with Crippen molar-refractivity contribution in [3.8, 4) is 22.9 Å². The van der Waals surface area contributed by atoms with Crippen LogP contribution < -0.4 is 4.74 Å². The van der Waals surface area contributed by atoms with Gasteiger partial charge in [-0.3, -0.25) is 0 Å². The van der Waals surface area contributed by atoms with Crippen LogP contribution in [0.3, 0.4) is 0 Å². The fourth-order valence-corrected chi connectivity index (χ4v) is 4.69. The number of ether oxygens (including phenoxy) is 1. The van der Waals surface area contributed by atoms with Gasteiger partial charge in [-0.25, -0.2) is 4.79 Å². The Morgan fingerprint density at radius 2 is 1.91 bits per heavy atom. The van der Waals surface area contributed by atoms with Gasteiger partial charge in [0.25, 0.3) is 11.1 Å². The van der Waals surface area contributed by atoms with Crippen molar-refractivity contribution in [1.82, 2.24) is 14.8 Å². The third kappa shape index (κ3) is 5.16. The molecule has 174 valence electrons. The van der Waals surface area contributed by atoms with Gasteiger partial charge in [-0.1, -0.05) is 11.6 Å². The number of halogens is 2. The maximum atomic E-state index is 12.0. The van der Waals surface area contributed by atoms with E-state index < -0.39 is 5.97 Å². The van der Waals surface area contributed by atoms with Crippen LogP contribution >= 0.6 is 46.0 Å². The molecule has 0 amide bonds. The second-order valence-electron chi connectivity index (χ2n) is 7.27. The standard InChI is InChI=1S/C24H19ClIN3O4S/c1-13-10-15(14(2)29(13)18-7-5-17(26)6-8-18)11-21(23(30)31)34-24-28-27-22(33-24)19-12-16(25)4-9-20(19)32-3/h4-12H,1-3H3,(H,30,31)/b21-11-. The Morgan fingerprint density at radius 1 is 1.18 bits per heavy atom. The summed E-state index contributed by atoms with van der Waals surface area (Å²) in [5, 5.41) is 18.4. The lowest BCUT2D eigenvalue weighted by atomic mass is 10.2. The van der Waals surface area contributed by atoms with Crippen LogP contribution in [0, 0.1) is 17.4 Å². The minimum Gasteiger partial charge on any atom is -0.496 e. The van der Waals surface area contributed by atoms with Gasteiger partial charge >= 0.3 is 5.97 Å². The zero-order chi connectivity index (χ0) is 24.4. The fraction of sp³-hybridized carbons (Fsp3) is 0.125. The van der Waals surface area contributed by atoms with E-state index in [0.29, 0.717) is 16.3 Å². The number of aromatic nitrogens is 3. The minimum absolute atomic E-state index is 0.0520. The summed E-state index contributed by atoms with van der Waals surface area (Å²) >= 11 is 9.23. The van der Waals surface area contributed by atoms with Crippen LogP contribution in [0.4, 0.5) is 0 Å². The molecule has 0 saturated carbocycles. The highest BCUT2D eigenvalue weighted by atomic mass is 127. The van der Waals surface area contributed by atoms with Gasteiger partial charge in [-0.05, 0) is 108 Å². The molecule has 0 aliphatic heterocycles. The molecule has 0 radical (unpaired) electrons. The summed E-state index contributed by atoms with van der Waals surface area (Å²) in [6.45, 7) is 3.94. The molecule has 2 aromatic carbocycles. The maximum Gasteiger partial charge on any atom is 0.342 e. The first-order chi connectivity index (χ1) is 16.3. The number of rotatable bonds is 7. The number of benzene rings is 2. The van der Waals surface area contributed by atoms with Crippen LogP contribution in [-0.4, -0.2) is 33.0 Å². The van der Waals surface area contributed by atoms with Crippen LogP contribution in [0.25, 0.3) is 23.2 Å². The Kier molecular flexibility index (Phi) is 7.34. The molecule has 0 spiro atoms. The van der Waals surface area contributed by atoms with Gasteiger partial charge in [0.15, 0.2) is 0 Å². The van der Waals surface area contributed by atoms with Crippen molar-refractivity contribution in [2.75, 3.05) is 7.11 Å². The van der Waals surface area contributed by atoms with Crippen molar-refractivity contribution in [3.63, 3.8) is 0 Å². The molecule has 4 rings (SSSR count). The number of nitrogens with zero attached hydrogens (tertiary/aromatic N) is 3. The van der Waals surface area contributed by atoms with E-state index in [-0.39, 0.29) is 16.0 Å². The number of hydrogen-bond acceptors (Lipinski definition) is 6. The molecule has 0 bridgehead atoms. The van der Waals surface area contributed by atoms with E-state index in [9.17, 15) is 9.90 Å². The quantitative estimate of drug-likeness (QED) is 0.143. The second-order valence-corrected chi connectivity index (χ2v) is 9.95. The molecule has 2 aromatic heterocycles. The van der Waals surface area contributed by atoms with E-state index in [2.05, 4.69) is 37.4 Å². The van der Waals surface area contributed by atoms with Gasteiger partial charge < -0.3 is 18.8 Å². The van der Waals surface area contributed by atoms with Crippen LogP contribution in [0.5, 0.6) is 5.75 Å². The van der Waals surface area contributed by atoms with Gasteiger partial charge in [0.05, 0.1) is 12.7 Å². The molecule has 0 atom stereocenters. The lowest BCUT2D eigenvalue weighted by molar-refractivity contribution is -0.131. The Balaban J connectivity index is 1.66. The minimum atomic E-state index is -1.09. The summed E-state index contributed by atoms with van der Waals surface area (Å²) in [5.41, 5.74) is 4.24. The third-order valence-electron chi connectivity index (χ3n) is 5.05. The summed E-state index contributed by atoms with van der Waals surface area (Å²) in [7, 11) is 1.52. The number of aryl methyl sites for hydroxylation is 1. The molecule has 1 N–H and O–H groups in total. The number of carbonyl (C=O) groups is 1. The average Bonchev–Trinajstić information content (AvgIpc) is 3.38. The van der Waals surface area contributed by atoms with Gasteiger partial charge in [-0.15, -0.1) is 10.2 Å². The highest BCUT2D eigenvalue weighted by Gasteiger charge is 2.19. The van der Waals surface area contributed by atoms with Crippen LogP contribution in [0.15, 0.2) is 63.1 Å². The Hall–Kier alpha value is -2.76. The SMILES string of the molecule is COc1ccc(Cl)cc1-c1nnc(S/C(=C\c2cc(C)n(-c3ccc(I)cc3)c2C)C(=O)O)o1. The van der Waals surface area contributed by atoms with E-state index in [1.807, 2.05) is 44.2 Å². The van der Waals surface area contributed by atoms with E-state index in [0.717, 1.165) is 38.0 Å². The zero-order valence-corrected chi connectivity index (χ0v) is 22.1. The van der Waals surface area contributed by atoms with Gasteiger partial charge in [-0.2, -0.15) is 0 Å². The normalized spacial score (nSPS) is 11.6. The largest absolute Gasteiger partial charge is 0.496 e. The number of aliphatic carboxylic acids is 1. The molecule has 34 heavy (non-hydrogen) atoms. The maximum absolute atomic E-state index is 12.0. The number of hydrogen-bond donors (Lipinski definition) is 1. The Bertz CT molecular complexity index is 1400. The zero-order valence-electron chi connectivity index (χ0n) is 18.4. The molecule has 0 saturated heterocycles. The van der Waals surface area contributed by atoms with Crippen molar-refractivity contribution in [2.45, 2.75) is 19.1 Å². The smallest absolute Gasteiger partial charge is 0.342 e. The first-order valence-corrected chi connectivity index (χ1v) is 12.3. The summed E-state index contributed by atoms with van der Waals surface area (Å²) < 4.78 is 14.3. The number of carboxylic acid groups (broad SMARTS) is 1. The molecule has 4 aromatic rings. The molecule has 0 aliphatic carbocycles. The van der Waals surface area contributed by atoms with E-state index in [1.54, 1.807) is 24.3 Å². The molecule has 0 aliphatic rings. The predicted octanol–water partition coefficient (Wildman–Crippen LogP) is 6.63. The number of thioether (sulfide) groups is 1. The molecule has 10 heteroatoms. The molecule has 0 fully saturated rings. The fourth-order valence-electron chi connectivity index (χ4n) is 3.50. The summed E-state index contributed by atoms with van der Waals surface area (Å²) in [4.78, 5) is 12.1. The van der Waals surface area contributed by atoms with Crippen molar-refractivity contribution in [2.24, 2.45) is 0 Å². The lowest BCUT2D eigenvalue weighted by Gasteiger charge is -2.09. The van der Waals surface area contributed by atoms with Crippen LogP contribution in [0.1, 0.15) is 17.0 Å². The van der Waals surface area contributed by atoms with Gasteiger partial charge in [0.1, 0.15) is 10.7 Å². The van der Waals surface area contributed by atoms with Crippen molar-refractivity contribution in [3.05, 3.63) is 79.0 Å². The van der Waals surface area contributed by atoms with E-state index in [1.165, 1.54) is 7.11 Å². The summed E-state index contributed by atoms with van der Waals surface area (Å²) in [6, 6.07) is 15.1. The van der Waals surface area contributed by atoms with Crippen LogP contribution in [-0.2, 0) is 4.79 Å². The number of methoxy groups -OCH3 is 1. The van der Waals surface area contributed by atoms with Gasteiger partial charge in [0.2, 0.25) is 0 Å². The molecular formula is C24H19ClIN3O4S. The first-order valence-electron chi connectivity index (χ1n) is 10.0. The molecule has 7 nitrogen and oxygen atoms in total. The highest BCUT2D eigenvalue weighted by Crippen LogP contribution is 2.35. The van der Waals surface area contributed by atoms with E-state index >= 15 is 0 Å². The van der Waals surface area contributed by atoms with Gasteiger partial charge in [0, 0.05) is 25.7 Å². The molecule has 2 heterocycles. The van der Waals surface area contributed by atoms with Crippen LogP contribution in [0.2, 0.25) is 5.02 Å². The summed E-state index contributed by atoms with van der Waals surface area (Å²) in [5.74, 6) is -0.394. The first kappa shape index (κ1) is 24.4.